The molecule has 5 nitrogen and oxygen atoms in total. The molecule has 0 aliphatic carbocycles. The van der Waals surface area contributed by atoms with Gasteiger partial charge in [-0.05, 0) is 17.7 Å². The summed E-state index contributed by atoms with van der Waals surface area (Å²) in [5.41, 5.74) is 6.04. The van der Waals surface area contributed by atoms with Crippen LogP contribution in [-0.2, 0) is 0 Å². The van der Waals surface area contributed by atoms with Crippen molar-refractivity contribution >= 4 is 0 Å². The Bertz CT molecular complexity index is 327. The maximum atomic E-state index is 9.30. The molecule has 0 saturated carbocycles. The van der Waals surface area contributed by atoms with Gasteiger partial charge in [-0.15, -0.1) is 0 Å². The van der Waals surface area contributed by atoms with Crippen LogP contribution in [0.1, 0.15) is 11.6 Å². The number of hydrogen-bond acceptors (Lipinski definition) is 5. The number of nitrogens with two attached hydrogens (primary N) is 1. The van der Waals surface area contributed by atoms with Gasteiger partial charge in [0.05, 0.1) is 19.8 Å². The lowest BCUT2D eigenvalue weighted by atomic mass is 10.1. The van der Waals surface area contributed by atoms with Crippen molar-refractivity contribution < 1.29 is 20.1 Å². The van der Waals surface area contributed by atoms with Crippen LogP contribution in [0.2, 0.25) is 0 Å². The van der Waals surface area contributed by atoms with E-state index in [4.69, 9.17) is 15.6 Å². The molecule has 1 aromatic carbocycles. The highest BCUT2D eigenvalue weighted by atomic mass is 16.5. The molecule has 5 heteroatoms. The number of hydrogen-bond donors (Lipinski definition) is 4. The van der Waals surface area contributed by atoms with E-state index < -0.39 is 6.04 Å². The smallest absolute Gasteiger partial charge is 0.200 e. The van der Waals surface area contributed by atoms with Crippen molar-refractivity contribution in [2.45, 2.75) is 6.04 Å². The zero-order valence-corrected chi connectivity index (χ0v) is 7.77. The van der Waals surface area contributed by atoms with Crippen LogP contribution >= 0.6 is 0 Å². The van der Waals surface area contributed by atoms with Gasteiger partial charge in [-0.3, -0.25) is 0 Å². The van der Waals surface area contributed by atoms with Crippen LogP contribution in [0.4, 0.5) is 0 Å². The van der Waals surface area contributed by atoms with Crippen LogP contribution in [0.25, 0.3) is 0 Å². The predicted molar refractivity (Wildman–Crippen MR) is 50.3 cm³/mol. The third-order valence-corrected chi connectivity index (χ3v) is 1.92. The summed E-state index contributed by atoms with van der Waals surface area (Å²) >= 11 is 0. The number of aliphatic hydroxyl groups is 1. The largest absolute Gasteiger partial charge is 0.504 e. The Labute approximate surface area is 81.4 Å². The summed E-state index contributed by atoms with van der Waals surface area (Å²) in [6.07, 6.45) is 0. The van der Waals surface area contributed by atoms with Gasteiger partial charge < -0.3 is 25.8 Å². The highest BCUT2D eigenvalue weighted by molar-refractivity contribution is 5.52. The van der Waals surface area contributed by atoms with Gasteiger partial charge in [-0.1, -0.05) is 0 Å². The van der Waals surface area contributed by atoms with Crippen LogP contribution in [0.15, 0.2) is 12.1 Å². The first-order valence-corrected chi connectivity index (χ1v) is 4.06. The van der Waals surface area contributed by atoms with Crippen molar-refractivity contribution in [2.75, 3.05) is 13.7 Å². The van der Waals surface area contributed by atoms with Crippen LogP contribution in [0.3, 0.4) is 0 Å². The molecule has 78 valence electrons. The molecule has 1 rings (SSSR count). The molecular formula is C9H13NO4. The topological polar surface area (TPSA) is 95.9 Å². The van der Waals surface area contributed by atoms with Crippen molar-refractivity contribution in [1.29, 1.82) is 0 Å². The first-order valence-electron chi connectivity index (χ1n) is 4.06. The lowest BCUT2D eigenvalue weighted by Crippen LogP contribution is -2.14. The lowest BCUT2D eigenvalue weighted by molar-refractivity contribution is 0.267. The quantitative estimate of drug-likeness (QED) is 0.518. The van der Waals surface area contributed by atoms with E-state index in [1.54, 1.807) is 0 Å². The fraction of sp³-hybridized carbons (Fsp3) is 0.333. The molecule has 0 aromatic heterocycles. The normalized spacial score (nSPS) is 12.5. The summed E-state index contributed by atoms with van der Waals surface area (Å²) < 4.78 is 4.81. The van der Waals surface area contributed by atoms with Crippen LogP contribution in [0.5, 0.6) is 17.2 Å². The summed E-state index contributed by atoms with van der Waals surface area (Å²) in [5.74, 6) is -0.520. The van der Waals surface area contributed by atoms with Gasteiger partial charge in [0.25, 0.3) is 0 Å². The number of benzene rings is 1. The minimum atomic E-state index is -0.601. The summed E-state index contributed by atoms with van der Waals surface area (Å²) in [6.45, 7) is -0.243. The van der Waals surface area contributed by atoms with E-state index in [0.29, 0.717) is 5.56 Å². The third kappa shape index (κ3) is 1.89. The van der Waals surface area contributed by atoms with Gasteiger partial charge in [-0.2, -0.15) is 0 Å². The Hall–Kier alpha value is -1.46. The molecule has 14 heavy (non-hydrogen) atoms. The maximum Gasteiger partial charge on any atom is 0.200 e. The van der Waals surface area contributed by atoms with Gasteiger partial charge in [0, 0.05) is 0 Å². The van der Waals surface area contributed by atoms with Crippen molar-refractivity contribution in [3.8, 4) is 17.2 Å². The first kappa shape index (κ1) is 10.6. The number of aliphatic hydroxyl groups excluding tert-OH is 1. The Balaban J connectivity index is 3.16. The van der Waals surface area contributed by atoms with E-state index in [1.807, 2.05) is 0 Å². The number of methoxy groups -OCH3 is 1. The fourth-order valence-corrected chi connectivity index (χ4v) is 1.09. The molecule has 1 atom stereocenters. The van der Waals surface area contributed by atoms with Crippen LogP contribution < -0.4 is 10.5 Å². The molecule has 0 aliphatic heterocycles. The molecule has 0 aliphatic rings. The number of phenols is 2. The molecule has 0 fully saturated rings. The van der Waals surface area contributed by atoms with Crippen molar-refractivity contribution in [1.82, 2.24) is 0 Å². The zero-order valence-electron chi connectivity index (χ0n) is 7.77. The Morgan fingerprint density at radius 1 is 1.43 bits per heavy atom. The van der Waals surface area contributed by atoms with E-state index in [0.717, 1.165) is 0 Å². The molecule has 0 amide bonds. The molecule has 0 spiro atoms. The molecule has 0 unspecified atom stereocenters. The van der Waals surface area contributed by atoms with Crippen molar-refractivity contribution in [3.05, 3.63) is 17.7 Å². The Kier molecular flexibility index (Phi) is 3.16. The van der Waals surface area contributed by atoms with E-state index in [-0.39, 0.29) is 23.9 Å². The van der Waals surface area contributed by atoms with Gasteiger partial charge in [0.2, 0.25) is 5.75 Å². The average Bonchev–Trinajstić information content (AvgIpc) is 2.20. The third-order valence-electron chi connectivity index (χ3n) is 1.92. The van der Waals surface area contributed by atoms with Crippen LogP contribution in [0, 0.1) is 0 Å². The van der Waals surface area contributed by atoms with Crippen LogP contribution in [-0.4, -0.2) is 29.0 Å². The molecule has 0 heterocycles. The van der Waals surface area contributed by atoms with Gasteiger partial charge in [-0.25, -0.2) is 0 Å². The number of aromatic hydroxyl groups is 2. The first-order chi connectivity index (χ1) is 6.60. The maximum absolute atomic E-state index is 9.30. The standard InChI is InChI=1S/C9H13NO4/c1-14-8-3-5(6(10)4-11)2-7(12)9(8)13/h2-3,6,11-13H,4,10H2,1H3/t6-/m0/s1. The Morgan fingerprint density at radius 2 is 2.07 bits per heavy atom. The molecular weight excluding hydrogens is 186 g/mol. The van der Waals surface area contributed by atoms with E-state index in [9.17, 15) is 10.2 Å². The van der Waals surface area contributed by atoms with Crippen molar-refractivity contribution in [3.63, 3.8) is 0 Å². The van der Waals surface area contributed by atoms with Gasteiger partial charge in [0.15, 0.2) is 11.5 Å². The lowest BCUT2D eigenvalue weighted by Gasteiger charge is -2.12. The summed E-state index contributed by atoms with van der Waals surface area (Å²) in [7, 11) is 1.36. The second kappa shape index (κ2) is 4.17. The minimum absolute atomic E-state index is 0.129. The minimum Gasteiger partial charge on any atom is -0.504 e. The second-order valence-electron chi connectivity index (χ2n) is 2.88. The molecule has 0 saturated heterocycles. The molecule has 0 radical (unpaired) electrons. The van der Waals surface area contributed by atoms with Crippen molar-refractivity contribution in [2.24, 2.45) is 5.73 Å². The van der Waals surface area contributed by atoms with E-state index >= 15 is 0 Å². The zero-order chi connectivity index (χ0) is 10.7. The molecule has 0 bridgehead atoms. The monoisotopic (exact) mass is 199 g/mol. The van der Waals surface area contributed by atoms with E-state index in [2.05, 4.69) is 0 Å². The number of ether oxygens (including phenoxy) is 1. The predicted octanol–water partition coefficient (Wildman–Crippen LogP) is 0.0985. The summed E-state index contributed by atoms with van der Waals surface area (Å²) in [5, 5.41) is 27.4. The summed E-state index contributed by atoms with van der Waals surface area (Å²) in [4.78, 5) is 0. The van der Waals surface area contributed by atoms with Gasteiger partial charge >= 0.3 is 0 Å². The number of phenolic OH excluding ortho intramolecular Hbond substituents is 2. The fourth-order valence-electron chi connectivity index (χ4n) is 1.09. The highest BCUT2D eigenvalue weighted by Gasteiger charge is 2.13. The Morgan fingerprint density at radius 3 is 2.57 bits per heavy atom. The van der Waals surface area contributed by atoms with E-state index in [1.165, 1.54) is 19.2 Å². The highest BCUT2D eigenvalue weighted by Crippen LogP contribution is 2.37. The number of rotatable bonds is 3. The molecule has 5 N–H and O–H groups in total. The average molecular weight is 199 g/mol. The second-order valence-corrected chi connectivity index (χ2v) is 2.88. The van der Waals surface area contributed by atoms with Gasteiger partial charge in [0.1, 0.15) is 0 Å². The SMILES string of the molecule is COc1cc([C@@H](N)CO)cc(O)c1O. The summed E-state index contributed by atoms with van der Waals surface area (Å²) in [6, 6.07) is 2.16. The molecule has 1 aromatic rings.